The minimum Gasteiger partial charge on any atom is -0.324 e. The Labute approximate surface area is 156 Å². The second-order valence-electron chi connectivity index (χ2n) is 7.72. The van der Waals surface area contributed by atoms with Crippen molar-refractivity contribution in [1.29, 1.82) is 0 Å². The Morgan fingerprint density at radius 1 is 1.15 bits per heavy atom. The van der Waals surface area contributed by atoms with Gasteiger partial charge in [-0.1, -0.05) is 32.0 Å². The molecule has 1 aromatic carbocycles. The number of rotatable bonds is 3. The first-order chi connectivity index (χ1) is 12.4. The van der Waals surface area contributed by atoms with Gasteiger partial charge in [-0.3, -0.25) is 4.90 Å². The number of nitrogens with zero attached hydrogens (tertiary/aromatic N) is 2. The number of urea groups is 1. The molecule has 0 bridgehead atoms. The Bertz CT molecular complexity index is 721. The van der Waals surface area contributed by atoms with E-state index in [0.717, 1.165) is 12.2 Å². The van der Waals surface area contributed by atoms with E-state index in [9.17, 15) is 13.2 Å². The van der Waals surface area contributed by atoms with E-state index in [0.29, 0.717) is 38.4 Å². The summed E-state index contributed by atoms with van der Waals surface area (Å²) in [6, 6.07) is 9.23. The molecule has 7 heteroatoms. The first-order valence-electron chi connectivity index (χ1n) is 9.43. The molecule has 1 aromatic rings. The predicted octanol–water partition coefficient (Wildman–Crippen LogP) is 2.44. The van der Waals surface area contributed by atoms with E-state index in [4.69, 9.17) is 0 Å². The van der Waals surface area contributed by atoms with Crippen molar-refractivity contribution >= 4 is 21.6 Å². The maximum atomic E-state index is 12.6. The van der Waals surface area contributed by atoms with Crippen LogP contribution in [-0.4, -0.2) is 67.5 Å². The molecule has 2 fully saturated rings. The molecule has 2 amide bonds. The number of nitrogens with one attached hydrogen (secondary N) is 1. The Hall–Kier alpha value is -1.60. The zero-order chi connectivity index (χ0) is 18.7. The van der Waals surface area contributed by atoms with Gasteiger partial charge in [-0.05, 0) is 30.9 Å². The highest BCUT2D eigenvalue weighted by molar-refractivity contribution is 7.92. The topological polar surface area (TPSA) is 69.7 Å². The molecule has 26 heavy (non-hydrogen) atoms. The Kier molecular flexibility index (Phi) is 5.87. The smallest absolute Gasteiger partial charge is 0.321 e. The Balaban J connectivity index is 1.71. The van der Waals surface area contributed by atoms with Gasteiger partial charge >= 0.3 is 6.03 Å². The molecule has 0 radical (unpaired) electrons. The fraction of sp³-hybridized carbons (Fsp3) is 0.632. The van der Waals surface area contributed by atoms with Gasteiger partial charge in [-0.2, -0.15) is 0 Å². The predicted molar refractivity (Wildman–Crippen MR) is 104 cm³/mol. The summed E-state index contributed by atoms with van der Waals surface area (Å²) in [4.78, 5) is 16.7. The normalized spacial score (nSPS) is 26.2. The van der Waals surface area contributed by atoms with Crippen molar-refractivity contribution in [3.63, 3.8) is 0 Å². The molecular weight excluding hydrogens is 350 g/mol. The Morgan fingerprint density at radius 2 is 1.85 bits per heavy atom. The summed E-state index contributed by atoms with van der Waals surface area (Å²) in [5.41, 5.74) is 0.758. The third-order valence-corrected chi connectivity index (χ3v) is 7.54. The van der Waals surface area contributed by atoms with Crippen molar-refractivity contribution in [1.82, 2.24) is 9.80 Å². The van der Waals surface area contributed by atoms with Crippen LogP contribution in [0.1, 0.15) is 26.7 Å². The molecule has 2 aliphatic heterocycles. The van der Waals surface area contributed by atoms with Crippen molar-refractivity contribution in [2.75, 3.05) is 37.2 Å². The van der Waals surface area contributed by atoms with Crippen LogP contribution >= 0.6 is 0 Å². The van der Waals surface area contributed by atoms with Gasteiger partial charge in [0, 0.05) is 37.9 Å². The maximum absolute atomic E-state index is 12.6. The first-order valence-corrected chi connectivity index (χ1v) is 11.1. The number of sulfone groups is 1. The van der Waals surface area contributed by atoms with Crippen molar-refractivity contribution in [3.8, 4) is 0 Å². The molecule has 0 unspecified atom stereocenters. The minimum absolute atomic E-state index is 0.0191. The molecule has 0 aliphatic carbocycles. The third kappa shape index (κ3) is 4.38. The van der Waals surface area contributed by atoms with Gasteiger partial charge in [0.1, 0.15) is 0 Å². The Morgan fingerprint density at radius 3 is 2.54 bits per heavy atom. The van der Waals surface area contributed by atoms with Gasteiger partial charge in [0.25, 0.3) is 0 Å². The second-order valence-corrected chi connectivity index (χ2v) is 10.1. The summed E-state index contributed by atoms with van der Waals surface area (Å²) in [6.45, 7) is 6.91. The standard InChI is InChI=1S/C19H29N3O3S/c1-15(2)14-22-12-13-26(24,25)18-9-11-21(10-8-17(18)22)19(23)20-16-6-4-3-5-7-16/h3-7,15,17-18H,8-14H2,1-2H3,(H,20,23)/t17-,18-/m0/s1. The molecule has 0 spiro atoms. The van der Waals surface area contributed by atoms with Crippen LogP contribution in [-0.2, 0) is 9.84 Å². The van der Waals surface area contributed by atoms with Crippen LogP contribution in [0.5, 0.6) is 0 Å². The third-order valence-electron chi connectivity index (χ3n) is 5.31. The highest BCUT2D eigenvalue weighted by Crippen LogP contribution is 2.28. The zero-order valence-corrected chi connectivity index (χ0v) is 16.4. The first kappa shape index (κ1) is 19.2. The van der Waals surface area contributed by atoms with E-state index in [1.54, 1.807) is 4.90 Å². The van der Waals surface area contributed by atoms with E-state index in [1.165, 1.54) is 0 Å². The average Bonchev–Trinajstić information content (AvgIpc) is 2.82. The summed E-state index contributed by atoms with van der Waals surface area (Å²) in [5, 5.41) is 2.55. The van der Waals surface area contributed by atoms with Gasteiger partial charge in [-0.25, -0.2) is 13.2 Å². The highest BCUT2D eigenvalue weighted by atomic mass is 32.2. The summed E-state index contributed by atoms with van der Waals surface area (Å²) >= 11 is 0. The molecule has 0 aromatic heterocycles. The quantitative estimate of drug-likeness (QED) is 0.876. The van der Waals surface area contributed by atoms with E-state index in [2.05, 4.69) is 24.1 Å². The molecule has 0 saturated carbocycles. The number of hydrogen-bond acceptors (Lipinski definition) is 4. The monoisotopic (exact) mass is 379 g/mol. The van der Waals surface area contributed by atoms with Gasteiger partial charge in [0.05, 0.1) is 11.0 Å². The molecule has 2 heterocycles. The van der Waals surface area contributed by atoms with E-state index < -0.39 is 9.84 Å². The SMILES string of the molecule is CC(C)CN1CCS(=O)(=O)[C@H]2CCN(C(=O)Nc3ccccc3)CC[C@@H]21. The number of para-hydroxylation sites is 1. The van der Waals surface area contributed by atoms with Gasteiger partial charge < -0.3 is 10.2 Å². The lowest BCUT2D eigenvalue weighted by Crippen LogP contribution is -2.55. The fourth-order valence-corrected chi connectivity index (χ4v) is 6.13. The number of benzene rings is 1. The van der Waals surface area contributed by atoms with Gasteiger partial charge in [0.2, 0.25) is 0 Å². The molecule has 6 nitrogen and oxygen atoms in total. The average molecular weight is 380 g/mol. The van der Waals surface area contributed by atoms with Crippen LogP contribution in [0, 0.1) is 5.92 Å². The van der Waals surface area contributed by atoms with Crippen molar-refractivity contribution < 1.29 is 13.2 Å². The lowest BCUT2D eigenvalue weighted by Gasteiger charge is -2.40. The minimum atomic E-state index is -3.08. The van der Waals surface area contributed by atoms with Gasteiger partial charge in [-0.15, -0.1) is 0 Å². The number of anilines is 1. The van der Waals surface area contributed by atoms with Crippen LogP contribution in [0.4, 0.5) is 10.5 Å². The van der Waals surface area contributed by atoms with Crippen molar-refractivity contribution in [3.05, 3.63) is 30.3 Å². The number of hydrogen-bond donors (Lipinski definition) is 1. The second kappa shape index (κ2) is 7.96. The zero-order valence-electron chi connectivity index (χ0n) is 15.6. The summed E-state index contributed by atoms with van der Waals surface area (Å²) < 4.78 is 25.2. The highest BCUT2D eigenvalue weighted by Gasteiger charge is 2.43. The largest absolute Gasteiger partial charge is 0.324 e. The maximum Gasteiger partial charge on any atom is 0.321 e. The molecule has 3 rings (SSSR count). The molecular formula is C19H29N3O3S. The summed E-state index contributed by atoms with van der Waals surface area (Å²) in [7, 11) is -3.08. The van der Waals surface area contributed by atoms with E-state index in [-0.39, 0.29) is 23.1 Å². The molecule has 1 N–H and O–H groups in total. The number of amides is 2. The number of carbonyl (C=O) groups excluding carboxylic acids is 1. The van der Waals surface area contributed by atoms with Gasteiger partial charge in [0.15, 0.2) is 9.84 Å². The lowest BCUT2D eigenvalue weighted by molar-refractivity contribution is 0.161. The summed E-state index contributed by atoms with van der Waals surface area (Å²) in [5.74, 6) is 0.731. The number of carbonyl (C=O) groups is 1. The van der Waals surface area contributed by atoms with Crippen molar-refractivity contribution in [2.45, 2.75) is 38.0 Å². The van der Waals surface area contributed by atoms with E-state index >= 15 is 0 Å². The van der Waals surface area contributed by atoms with Crippen LogP contribution in [0.3, 0.4) is 0 Å². The van der Waals surface area contributed by atoms with Crippen LogP contribution in [0.25, 0.3) is 0 Å². The molecule has 2 aliphatic rings. The lowest BCUT2D eigenvalue weighted by atomic mass is 10.0. The number of likely N-dealkylation sites (tertiary alicyclic amines) is 1. The van der Waals surface area contributed by atoms with Crippen LogP contribution in [0.15, 0.2) is 30.3 Å². The van der Waals surface area contributed by atoms with Crippen LogP contribution < -0.4 is 5.32 Å². The molecule has 2 atom stereocenters. The molecule has 2 saturated heterocycles. The molecule has 144 valence electrons. The van der Waals surface area contributed by atoms with E-state index in [1.807, 2.05) is 30.3 Å². The van der Waals surface area contributed by atoms with Crippen molar-refractivity contribution in [2.24, 2.45) is 5.92 Å². The fourth-order valence-electron chi connectivity index (χ4n) is 4.08. The number of fused-ring (bicyclic) bond motifs is 1. The summed E-state index contributed by atoms with van der Waals surface area (Å²) in [6.07, 6.45) is 1.22. The van der Waals surface area contributed by atoms with Crippen LogP contribution in [0.2, 0.25) is 0 Å².